The van der Waals surface area contributed by atoms with Crippen LogP contribution >= 0.6 is 12.4 Å². The van der Waals surface area contributed by atoms with Crippen molar-refractivity contribution in [2.45, 2.75) is 18.8 Å². The molecule has 5 nitrogen and oxygen atoms in total. The first-order valence-corrected chi connectivity index (χ1v) is 6.29. The van der Waals surface area contributed by atoms with Gasteiger partial charge in [-0.05, 0) is 36.7 Å². The van der Waals surface area contributed by atoms with E-state index in [1.165, 1.54) is 12.1 Å². The molecule has 1 aromatic carbocycles. The van der Waals surface area contributed by atoms with Crippen LogP contribution in [0.4, 0.5) is 4.39 Å². The molecule has 2 aromatic rings. The summed E-state index contributed by atoms with van der Waals surface area (Å²) in [6, 6.07) is 6.17. The Bertz CT molecular complexity index is 558. The molecule has 7 heteroatoms. The van der Waals surface area contributed by atoms with Crippen molar-refractivity contribution in [3.63, 3.8) is 0 Å². The van der Waals surface area contributed by atoms with Crippen molar-refractivity contribution in [2.24, 2.45) is 0 Å². The van der Waals surface area contributed by atoms with Crippen molar-refractivity contribution in [3.8, 4) is 11.8 Å². The van der Waals surface area contributed by atoms with E-state index in [4.69, 9.17) is 9.26 Å². The van der Waals surface area contributed by atoms with Crippen molar-refractivity contribution in [1.82, 2.24) is 15.5 Å². The lowest BCUT2D eigenvalue weighted by Crippen LogP contribution is -2.28. The van der Waals surface area contributed by atoms with Gasteiger partial charge in [0.2, 0.25) is 5.89 Å². The first-order chi connectivity index (χ1) is 9.33. The molecule has 0 aliphatic carbocycles. The van der Waals surface area contributed by atoms with Crippen molar-refractivity contribution in [3.05, 3.63) is 36.0 Å². The Hall–Kier alpha value is -1.66. The summed E-state index contributed by atoms with van der Waals surface area (Å²) < 4.78 is 23.9. The molecular weight excluding hydrogens is 285 g/mol. The van der Waals surface area contributed by atoms with E-state index >= 15 is 0 Å². The van der Waals surface area contributed by atoms with Gasteiger partial charge in [0.05, 0.1) is 5.92 Å². The number of rotatable bonds is 3. The van der Waals surface area contributed by atoms with Crippen molar-refractivity contribution < 1.29 is 13.7 Å². The molecule has 1 aromatic heterocycles. The van der Waals surface area contributed by atoms with Gasteiger partial charge < -0.3 is 14.6 Å². The number of hydrogen-bond acceptors (Lipinski definition) is 5. The Morgan fingerprint density at radius 1 is 1.35 bits per heavy atom. The molecule has 108 valence electrons. The fourth-order valence-electron chi connectivity index (χ4n) is 2.12. The summed E-state index contributed by atoms with van der Waals surface area (Å²) in [4.78, 5) is 4.16. The molecule has 1 saturated heterocycles. The smallest absolute Gasteiger partial charge is 0.359 e. The van der Waals surface area contributed by atoms with Gasteiger partial charge in [0.15, 0.2) is 11.6 Å². The Morgan fingerprint density at radius 3 is 2.95 bits per heavy atom. The minimum atomic E-state index is -0.451. The minimum Gasteiger partial charge on any atom is -0.419 e. The van der Waals surface area contributed by atoms with Crippen LogP contribution in [0.2, 0.25) is 0 Å². The zero-order chi connectivity index (χ0) is 13.1. The van der Waals surface area contributed by atoms with Crippen LogP contribution in [-0.2, 0) is 0 Å². The van der Waals surface area contributed by atoms with Gasteiger partial charge in [-0.2, -0.15) is 4.98 Å². The average molecular weight is 300 g/mol. The van der Waals surface area contributed by atoms with E-state index < -0.39 is 5.82 Å². The van der Waals surface area contributed by atoms with E-state index in [0.29, 0.717) is 5.89 Å². The molecule has 0 saturated carbocycles. The number of nitrogens with zero attached hydrogens (tertiary/aromatic N) is 2. The Morgan fingerprint density at radius 2 is 2.20 bits per heavy atom. The van der Waals surface area contributed by atoms with Crippen LogP contribution in [0.5, 0.6) is 11.8 Å². The second kappa shape index (κ2) is 6.67. The molecule has 1 N–H and O–H groups in total. The van der Waals surface area contributed by atoms with Crippen LogP contribution in [-0.4, -0.2) is 23.2 Å². The number of halogens is 2. The number of para-hydroxylation sites is 1. The fourth-order valence-corrected chi connectivity index (χ4v) is 2.12. The van der Waals surface area contributed by atoms with Crippen LogP contribution in [0.25, 0.3) is 0 Å². The van der Waals surface area contributed by atoms with E-state index in [9.17, 15) is 4.39 Å². The van der Waals surface area contributed by atoms with Crippen molar-refractivity contribution >= 4 is 12.4 Å². The Labute approximate surface area is 121 Å². The Balaban J connectivity index is 0.00000147. The topological polar surface area (TPSA) is 60.2 Å². The maximum absolute atomic E-state index is 13.4. The number of piperidine rings is 1. The second-order valence-corrected chi connectivity index (χ2v) is 4.49. The van der Waals surface area contributed by atoms with Crippen molar-refractivity contribution in [1.29, 1.82) is 0 Å². The molecule has 1 aliphatic heterocycles. The maximum atomic E-state index is 13.4. The third kappa shape index (κ3) is 3.26. The average Bonchev–Trinajstić information content (AvgIpc) is 2.91. The third-order valence-electron chi connectivity index (χ3n) is 3.11. The summed E-state index contributed by atoms with van der Waals surface area (Å²) in [6.45, 7) is 1.84. The molecule has 20 heavy (non-hydrogen) atoms. The lowest BCUT2D eigenvalue weighted by atomic mass is 10.00. The first-order valence-electron chi connectivity index (χ1n) is 6.29. The molecule has 0 bridgehead atoms. The summed E-state index contributed by atoms with van der Waals surface area (Å²) in [6.07, 6.45) is 2.09. The molecule has 0 radical (unpaired) electrons. The predicted molar refractivity (Wildman–Crippen MR) is 72.9 cm³/mol. The number of benzene rings is 1. The highest BCUT2D eigenvalue weighted by atomic mass is 35.5. The van der Waals surface area contributed by atoms with Gasteiger partial charge in [0.1, 0.15) is 0 Å². The molecule has 0 amide bonds. The summed E-state index contributed by atoms with van der Waals surface area (Å²) in [5.74, 6) is 0.391. The largest absolute Gasteiger partial charge is 0.419 e. The normalized spacial score (nSPS) is 18.4. The Kier molecular flexibility index (Phi) is 4.92. The van der Waals surface area contributed by atoms with Gasteiger partial charge in [-0.25, -0.2) is 4.39 Å². The molecule has 1 aliphatic rings. The number of ether oxygens (including phenoxy) is 1. The minimum absolute atomic E-state index is 0. The molecular formula is C13H15ClFN3O2. The predicted octanol–water partition coefficient (Wildman–Crippen LogP) is 2.89. The number of hydrogen-bond donors (Lipinski definition) is 1. The molecule has 1 atom stereocenters. The van der Waals surface area contributed by atoms with Crippen LogP contribution in [0.1, 0.15) is 24.7 Å². The lowest BCUT2D eigenvalue weighted by Gasteiger charge is -2.18. The SMILES string of the molecule is Cl.Fc1ccccc1Oc1noc([C@H]2CCCNC2)n1. The highest BCUT2D eigenvalue weighted by Gasteiger charge is 2.22. The lowest BCUT2D eigenvalue weighted by molar-refractivity contribution is 0.309. The van der Waals surface area contributed by atoms with Gasteiger partial charge >= 0.3 is 6.01 Å². The third-order valence-corrected chi connectivity index (χ3v) is 3.11. The molecule has 3 rings (SSSR count). The van der Waals surface area contributed by atoms with Crippen LogP contribution < -0.4 is 10.1 Å². The highest BCUT2D eigenvalue weighted by molar-refractivity contribution is 5.85. The summed E-state index contributed by atoms with van der Waals surface area (Å²) in [7, 11) is 0. The molecule has 0 unspecified atom stereocenters. The van der Waals surface area contributed by atoms with Crippen LogP contribution in [0, 0.1) is 5.82 Å². The molecule has 2 heterocycles. The van der Waals surface area contributed by atoms with E-state index in [0.717, 1.165) is 25.9 Å². The van der Waals surface area contributed by atoms with Gasteiger partial charge in [0, 0.05) is 6.54 Å². The van der Waals surface area contributed by atoms with Crippen LogP contribution in [0.3, 0.4) is 0 Å². The van der Waals surface area contributed by atoms with Gasteiger partial charge in [0.25, 0.3) is 0 Å². The van der Waals surface area contributed by atoms with Crippen molar-refractivity contribution in [2.75, 3.05) is 13.1 Å². The quantitative estimate of drug-likeness (QED) is 0.944. The van der Waals surface area contributed by atoms with Gasteiger partial charge in [-0.1, -0.05) is 12.1 Å². The number of aromatic nitrogens is 2. The van der Waals surface area contributed by atoms with E-state index in [1.54, 1.807) is 12.1 Å². The van der Waals surface area contributed by atoms with Crippen LogP contribution in [0.15, 0.2) is 28.8 Å². The van der Waals surface area contributed by atoms with Gasteiger partial charge in [-0.3, -0.25) is 0 Å². The summed E-state index contributed by atoms with van der Waals surface area (Å²) in [5, 5.41) is 7.00. The monoisotopic (exact) mass is 299 g/mol. The van der Waals surface area contributed by atoms with Gasteiger partial charge in [-0.15, -0.1) is 12.4 Å². The molecule has 1 fully saturated rings. The second-order valence-electron chi connectivity index (χ2n) is 4.49. The zero-order valence-corrected chi connectivity index (χ0v) is 11.5. The summed E-state index contributed by atoms with van der Waals surface area (Å²) >= 11 is 0. The maximum Gasteiger partial charge on any atom is 0.359 e. The first kappa shape index (κ1) is 14.7. The van der Waals surface area contributed by atoms with E-state index in [1.807, 2.05) is 0 Å². The highest BCUT2D eigenvalue weighted by Crippen LogP contribution is 2.26. The summed E-state index contributed by atoms with van der Waals surface area (Å²) in [5.41, 5.74) is 0. The van der Waals surface area contributed by atoms with E-state index in [-0.39, 0.29) is 30.1 Å². The fraction of sp³-hybridized carbons (Fsp3) is 0.385. The standard InChI is InChI=1S/C13H14FN3O2.ClH/c14-10-5-1-2-6-11(10)18-13-16-12(19-17-13)9-4-3-7-15-8-9;/h1-2,5-6,9,15H,3-4,7-8H2;1H/t9-;/m0./s1. The zero-order valence-electron chi connectivity index (χ0n) is 10.7. The number of nitrogens with one attached hydrogen (secondary N) is 1. The molecule has 0 spiro atoms. The van der Waals surface area contributed by atoms with E-state index in [2.05, 4.69) is 15.5 Å².